The molecule has 0 aliphatic rings. The number of nitrogens with one attached hydrogen (secondary N) is 2. The van der Waals surface area contributed by atoms with Gasteiger partial charge in [0.1, 0.15) is 17.4 Å². The lowest BCUT2D eigenvalue weighted by atomic mass is 10.1. The number of aromatic amines is 1. The third kappa shape index (κ3) is 4.45. The number of hydrogen-bond acceptors (Lipinski definition) is 6. The molecule has 0 radical (unpaired) electrons. The first kappa shape index (κ1) is 17.3. The van der Waals surface area contributed by atoms with Gasteiger partial charge in [0, 0.05) is 18.0 Å². The summed E-state index contributed by atoms with van der Waals surface area (Å²) in [4.78, 5) is 0. The second kappa shape index (κ2) is 6.99. The summed E-state index contributed by atoms with van der Waals surface area (Å²) in [5.74, 6) is 0.0874. The molecular formula is C14H13F3N6O. The number of tetrazole rings is 1. The zero-order valence-electron chi connectivity index (χ0n) is 12.7. The maximum absolute atomic E-state index is 13.0. The summed E-state index contributed by atoms with van der Waals surface area (Å²) in [7, 11) is 0. The number of nitriles is 1. The van der Waals surface area contributed by atoms with Crippen LogP contribution in [-0.4, -0.2) is 26.7 Å². The van der Waals surface area contributed by atoms with Crippen LogP contribution in [0, 0.1) is 11.3 Å². The van der Waals surface area contributed by atoms with E-state index in [0.29, 0.717) is 0 Å². The molecule has 1 aromatic carbocycles. The Bertz CT molecular complexity index is 762. The van der Waals surface area contributed by atoms with E-state index >= 15 is 0 Å². The van der Waals surface area contributed by atoms with Gasteiger partial charge in [-0.05, 0) is 31.2 Å². The number of H-pyrrole nitrogens is 1. The zero-order chi connectivity index (χ0) is 17.7. The van der Waals surface area contributed by atoms with Gasteiger partial charge in [-0.25, -0.2) is 0 Å². The molecule has 0 saturated carbocycles. The van der Waals surface area contributed by atoms with Crippen LogP contribution in [0.2, 0.25) is 0 Å². The second-order valence-corrected chi connectivity index (χ2v) is 4.96. The van der Waals surface area contributed by atoms with Gasteiger partial charge in [0.05, 0.1) is 11.7 Å². The molecule has 0 saturated heterocycles. The van der Waals surface area contributed by atoms with Crippen molar-refractivity contribution >= 4 is 11.3 Å². The molecule has 2 N–H and O–H groups in total. The zero-order valence-corrected chi connectivity index (χ0v) is 12.7. The van der Waals surface area contributed by atoms with Gasteiger partial charge in [-0.15, -0.1) is 10.2 Å². The minimum absolute atomic E-state index is 0.00693. The maximum Gasteiger partial charge on any atom is 0.416 e. The lowest BCUT2D eigenvalue weighted by Crippen LogP contribution is -2.09. The minimum Gasteiger partial charge on any atom is -0.491 e. The van der Waals surface area contributed by atoms with Crippen LogP contribution in [0.5, 0.6) is 5.75 Å². The molecule has 126 valence electrons. The van der Waals surface area contributed by atoms with Gasteiger partial charge in [-0.3, -0.25) is 0 Å². The van der Waals surface area contributed by atoms with E-state index in [1.54, 1.807) is 13.8 Å². The van der Waals surface area contributed by atoms with Crippen LogP contribution in [0.4, 0.5) is 18.9 Å². The van der Waals surface area contributed by atoms with E-state index < -0.39 is 11.7 Å². The van der Waals surface area contributed by atoms with Crippen LogP contribution in [0.3, 0.4) is 0 Å². The largest absolute Gasteiger partial charge is 0.491 e. The molecule has 2 aromatic rings. The van der Waals surface area contributed by atoms with E-state index in [-0.39, 0.29) is 28.9 Å². The van der Waals surface area contributed by atoms with Crippen LogP contribution in [0.15, 0.2) is 24.4 Å². The van der Waals surface area contributed by atoms with E-state index in [9.17, 15) is 13.2 Å². The highest BCUT2D eigenvalue weighted by Crippen LogP contribution is 2.34. The highest BCUT2D eigenvalue weighted by atomic mass is 19.4. The number of halogens is 3. The Hall–Kier alpha value is -3.09. The summed E-state index contributed by atoms with van der Waals surface area (Å²) in [6.07, 6.45) is -3.62. The van der Waals surface area contributed by atoms with Gasteiger partial charge >= 0.3 is 6.18 Å². The van der Waals surface area contributed by atoms with Gasteiger partial charge in [0.25, 0.3) is 0 Å². The van der Waals surface area contributed by atoms with Crippen molar-refractivity contribution in [1.82, 2.24) is 20.6 Å². The number of rotatable bonds is 5. The molecule has 0 unspecified atom stereocenters. The van der Waals surface area contributed by atoms with Crippen molar-refractivity contribution in [3.05, 3.63) is 35.8 Å². The predicted molar refractivity (Wildman–Crippen MR) is 78.6 cm³/mol. The maximum atomic E-state index is 13.0. The first-order valence-corrected chi connectivity index (χ1v) is 6.79. The Morgan fingerprint density at radius 1 is 1.38 bits per heavy atom. The van der Waals surface area contributed by atoms with Gasteiger partial charge < -0.3 is 10.1 Å². The van der Waals surface area contributed by atoms with Crippen LogP contribution < -0.4 is 10.1 Å². The summed E-state index contributed by atoms with van der Waals surface area (Å²) < 4.78 is 44.3. The number of benzene rings is 1. The molecule has 2 rings (SSSR count). The third-order valence-corrected chi connectivity index (χ3v) is 2.70. The van der Waals surface area contributed by atoms with Crippen molar-refractivity contribution in [1.29, 1.82) is 5.26 Å². The number of anilines is 1. The van der Waals surface area contributed by atoms with Crippen molar-refractivity contribution in [2.24, 2.45) is 0 Å². The number of aromatic nitrogens is 4. The number of allylic oxidation sites excluding steroid dienone is 1. The lowest BCUT2D eigenvalue weighted by Gasteiger charge is -2.15. The van der Waals surface area contributed by atoms with E-state index in [0.717, 1.165) is 12.1 Å². The van der Waals surface area contributed by atoms with E-state index in [1.807, 2.05) is 6.07 Å². The molecule has 0 bridgehead atoms. The summed E-state index contributed by atoms with van der Waals surface area (Å²) in [5, 5.41) is 24.4. The van der Waals surface area contributed by atoms with E-state index in [2.05, 4.69) is 25.9 Å². The fraction of sp³-hybridized carbons (Fsp3) is 0.286. The van der Waals surface area contributed by atoms with E-state index in [1.165, 1.54) is 12.3 Å². The molecule has 0 spiro atoms. The molecule has 0 aliphatic carbocycles. The lowest BCUT2D eigenvalue weighted by molar-refractivity contribution is -0.137. The van der Waals surface area contributed by atoms with Gasteiger partial charge in [-0.2, -0.15) is 23.6 Å². The first-order valence-electron chi connectivity index (χ1n) is 6.79. The Labute approximate surface area is 135 Å². The first-order chi connectivity index (χ1) is 11.3. The highest BCUT2D eigenvalue weighted by Gasteiger charge is 2.31. The molecule has 7 nitrogen and oxygen atoms in total. The SMILES string of the molecule is CC(C)Oc1cc(NC=C(C#N)c2nn[nH]n2)cc(C(F)(F)F)c1. The molecule has 10 heteroatoms. The number of ether oxygens (including phenoxy) is 1. The van der Waals surface area contributed by atoms with Crippen molar-refractivity contribution < 1.29 is 17.9 Å². The average Bonchev–Trinajstić information content (AvgIpc) is 3.00. The van der Waals surface area contributed by atoms with Crippen LogP contribution in [0.1, 0.15) is 25.2 Å². The van der Waals surface area contributed by atoms with Crippen LogP contribution >= 0.6 is 0 Å². The molecule has 0 fully saturated rings. The predicted octanol–water partition coefficient (Wildman–Crippen LogP) is 2.98. The molecule has 0 aliphatic heterocycles. The van der Waals surface area contributed by atoms with Crippen molar-refractivity contribution in [3.63, 3.8) is 0 Å². The number of alkyl halides is 3. The van der Waals surface area contributed by atoms with Crippen molar-refractivity contribution in [2.75, 3.05) is 5.32 Å². The minimum atomic E-state index is -4.53. The topological polar surface area (TPSA) is 99.5 Å². The molecule has 1 aromatic heterocycles. The number of nitrogens with zero attached hydrogens (tertiary/aromatic N) is 4. The Morgan fingerprint density at radius 2 is 2.12 bits per heavy atom. The van der Waals surface area contributed by atoms with Crippen molar-refractivity contribution in [3.8, 4) is 11.8 Å². The summed E-state index contributed by atoms with van der Waals surface area (Å²) >= 11 is 0. The quantitative estimate of drug-likeness (QED) is 0.813. The normalized spacial score (nSPS) is 12.1. The molecule has 0 atom stereocenters. The summed E-state index contributed by atoms with van der Waals surface area (Å²) in [6.45, 7) is 3.41. The standard InChI is InChI=1S/C14H13F3N6O/c1-8(2)24-12-4-10(14(15,16)17)3-11(5-12)19-7-9(6-18)13-20-22-23-21-13/h3-5,7-8,19H,1-2H3,(H,20,21,22,23). The molecular weight excluding hydrogens is 325 g/mol. The highest BCUT2D eigenvalue weighted by molar-refractivity contribution is 5.74. The smallest absolute Gasteiger partial charge is 0.416 e. The Kier molecular flexibility index (Phi) is 5.03. The average molecular weight is 338 g/mol. The van der Waals surface area contributed by atoms with Crippen LogP contribution in [-0.2, 0) is 6.18 Å². The summed E-state index contributed by atoms with van der Waals surface area (Å²) in [6, 6.07) is 5.05. The molecule has 24 heavy (non-hydrogen) atoms. The van der Waals surface area contributed by atoms with Gasteiger partial charge in [0.15, 0.2) is 0 Å². The number of hydrogen-bond donors (Lipinski definition) is 2. The Morgan fingerprint density at radius 3 is 2.67 bits per heavy atom. The molecule has 1 heterocycles. The van der Waals surface area contributed by atoms with Crippen molar-refractivity contribution in [2.45, 2.75) is 26.1 Å². The van der Waals surface area contributed by atoms with Gasteiger partial charge in [0.2, 0.25) is 5.82 Å². The van der Waals surface area contributed by atoms with Crippen LogP contribution in [0.25, 0.3) is 5.57 Å². The fourth-order valence-electron chi connectivity index (χ4n) is 1.76. The summed E-state index contributed by atoms with van der Waals surface area (Å²) in [5.41, 5.74) is -0.751. The second-order valence-electron chi connectivity index (χ2n) is 4.96. The Balaban J connectivity index is 2.33. The molecule has 0 amide bonds. The third-order valence-electron chi connectivity index (χ3n) is 2.70. The monoisotopic (exact) mass is 338 g/mol. The van der Waals surface area contributed by atoms with Gasteiger partial charge in [-0.1, -0.05) is 0 Å². The fourth-order valence-corrected chi connectivity index (χ4v) is 1.76. The van der Waals surface area contributed by atoms with E-state index in [4.69, 9.17) is 10.00 Å².